The number of hydrogen-bond acceptors (Lipinski definition) is 15. The van der Waals surface area contributed by atoms with E-state index in [9.17, 15) is 43.2 Å². The van der Waals surface area contributed by atoms with Crippen LogP contribution >= 0.6 is 15.6 Å². The van der Waals surface area contributed by atoms with Crippen LogP contribution < -0.4 is 0 Å². The largest absolute Gasteiger partial charge is 0.472 e. The number of carbonyl (C=O) groups is 4. The second-order valence-corrected chi connectivity index (χ2v) is 27.1. The molecule has 3 N–H and O–H groups in total. The van der Waals surface area contributed by atoms with Crippen molar-refractivity contribution in [1.29, 1.82) is 0 Å². The molecule has 0 radical (unpaired) electrons. The lowest BCUT2D eigenvalue weighted by atomic mass is 10.00. The molecule has 0 aliphatic carbocycles. The number of aliphatic hydroxyl groups is 1. The molecule has 84 heavy (non-hydrogen) atoms. The van der Waals surface area contributed by atoms with Gasteiger partial charge in [-0.25, -0.2) is 9.13 Å². The maximum absolute atomic E-state index is 13.0. The Morgan fingerprint density at radius 3 is 0.905 bits per heavy atom. The Labute approximate surface area is 511 Å². The maximum atomic E-state index is 13.0. The highest BCUT2D eigenvalue weighted by molar-refractivity contribution is 7.47. The third-order valence-corrected chi connectivity index (χ3v) is 17.2. The van der Waals surface area contributed by atoms with E-state index >= 15 is 0 Å². The van der Waals surface area contributed by atoms with Gasteiger partial charge in [-0.3, -0.25) is 37.3 Å². The number of phosphoric ester groups is 2. The van der Waals surface area contributed by atoms with Crippen LogP contribution in [0.5, 0.6) is 0 Å². The molecule has 6 atom stereocenters. The summed E-state index contributed by atoms with van der Waals surface area (Å²) >= 11 is 0. The van der Waals surface area contributed by atoms with Gasteiger partial charge in [0.05, 0.1) is 26.4 Å². The van der Waals surface area contributed by atoms with Crippen molar-refractivity contribution in [3.05, 3.63) is 0 Å². The van der Waals surface area contributed by atoms with Gasteiger partial charge in [0.25, 0.3) is 0 Å². The number of unbranched alkanes of at least 4 members (excludes halogenated alkanes) is 33. The van der Waals surface area contributed by atoms with Crippen LogP contribution in [0.2, 0.25) is 0 Å². The maximum Gasteiger partial charge on any atom is 0.472 e. The average Bonchev–Trinajstić information content (AvgIpc) is 3.49. The molecule has 0 spiro atoms. The minimum absolute atomic E-state index is 0.105. The first kappa shape index (κ1) is 82.1. The van der Waals surface area contributed by atoms with E-state index in [0.717, 1.165) is 109 Å². The van der Waals surface area contributed by atoms with E-state index in [1.807, 2.05) is 0 Å². The van der Waals surface area contributed by atoms with Crippen LogP contribution in [0.4, 0.5) is 0 Å². The standard InChI is InChI=1S/C65H126O17P2/c1-7-10-12-14-16-18-20-21-22-23-24-26-28-38-44-50-65(70)82-61(54-76-63(68)48-42-36-32-30-34-40-46-58(6)9-3)56-80-84(73,74)78-52-59(66)51-77-83(71,72)79-55-60(53-75-62(67)47-41-35-31-29-33-39-45-57(4)5)81-64(69)49-43-37-27-25-19-17-15-13-11-8-2/h57-61,66H,7-56H2,1-6H3,(H,71,72)(H,73,74)/t58?,59-,60+,61+/m0/s1. The first-order chi connectivity index (χ1) is 40.4. The van der Waals surface area contributed by atoms with Crippen LogP contribution in [0, 0.1) is 11.8 Å². The summed E-state index contributed by atoms with van der Waals surface area (Å²) in [6.07, 6.45) is 40.4. The van der Waals surface area contributed by atoms with Crippen LogP contribution in [-0.2, 0) is 65.4 Å². The zero-order chi connectivity index (χ0) is 62.2. The van der Waals surface area contributed by atoms with Crippen LogP contribution in [0.3, 0.4) is 0 Å². The predicted octanol–water partition coefficient (Wildman–Crippen LogP) is 18.0. The van der Waals surface area contributed by atoms with Gasteiger partial charge < -0.3 is 33.8 Å². The molecule has 0 amide bonds. The average molecular weight is 1240 g/mol. The van der Waals surface area contributed by atoms with E-state index in [1.165, 1.54) is 128 Å². The molecule has 0 aromatic carbocycles. The third-order valence-electron chi connectivity index (χ3n) is 15.3. The molecule has 0 heterocycles. The molecule has 0 fully saturated rings. The van der Waals surface area contributed by atoms with E-state index < -0.39 is 97.5 Å². The van der Waals surface area contributed by atoms with Crippen molar-refractivity contribution in [2.75, 3.05) is 39.6 Å². The first-order valence-corrected chi connectivity index (χ1v) is 37.0. The molecule has 0 aromatic heterocycles. The quantitative estimate of drug-likeness (QED) is 0.0222. The highest BCUT2D eigenvalue weighted by Crippen LogP contribution is 2.45. The minimum atomic E-state index is -4.95. The predicted molar refractivity (Wildman–Crippen MR) is 335 cm³/mol. The Morgan fingerprint density at radius 1 is 0.345 bits per heavy atom. The fourth-order valence-corrected chi connectivity index (χ4v) is 11.3. The van der Waals surface area contributed by atoms with Gasteiger partial charge in [0.15, 0.2) is 12.2 Å². The van der Waals surface area contributed by atoms with Gasteiger partial charge in [-0.05, 0) is 37.5 Å². The first-order valence-electron chi connectivity index (χ1n) is 34.0. The Hall–Kier alpha value is -1.94. The molecule has 0 aromatic rings. The summed E-state index contributed by atoms with van der Waals surface area (Å²) in [6, 6.07) is 0. The minimum Gasteiger partial charge on any atom is -0.462 e. The summed E-state index contributed by atoms with van der Waals surface area (Å²) in [6.45, 7) is 9.38. The van der Waals surface area contributed by atoms with Gasteiger partial charge in [0.2, 0.25) is 0 Å². The Morgan fingerprint density at radius 2 is 0.607 bits per heavy atom. The zero-order valence-electron chi connectivity index (χ0n) is 54.2. The molecule has 3 unspecified atom stereocenters. The number of esters is 4. The van der Waals surface area contributed by atoms with Crippen molar-refractivity contribution < 1.29 is 80.2 Å². The molecular weight excluding hydrogens is 1110 g/mol. The van der Waals surface area contributed by atoms with E-state index in [0.29, 0.717) is 31.6 Å². The lowest BCUT2D eigenvalue weighted by Gasteiger charge is -2.21. The van der Waals surface area contributed by atoms with E-state index in [4.69, 9.17) is 37.0 Å². The zero-order valence-corrected chi connectivity index (χ0v) is 56.0. The number of ether oxygens (including phenoxy) is 4. The molecule has 0 saturated carbocycles. The third kappa shape index (κ3) is 57.8. The van der Waals surface area contributed by atoms with Crippen molar-refractivity contribution >= 4 is 39.5 Å². The molecule has 19 heteroatoms. The lowest BCUT2D eigenvalue weighted by Crippen LogP contribution is -2.30. The highest BCUT2D eigenvalue weighted by atomic mass is 31.2. The molecule has 17 nitrogen and oxygen atoms in total. The molecule has 0 aliphatic heterocycles. The van der Waals surface area contributed by atoms with Gasteiger partial charge in [-0.1, -0.05) is 273 Å². The second-order valence-electron chi connectivity index (χ2n) is 24.2. The van der Waals surface area contributed by atoms with Gasteiger partial charge in [-0.2, -0.15) is 0 Å². The molecule has 0 bridgehead atoms. The summed E-state index contributed by atoms with van der Waals surface area (Å²) in [5.74, 6) is -0.723. The van der Waals surface area contributed by atoms with Crippen LogP contribution in [-0.4, -0.2) is 96.7 Å². The summed E-state index contributed by atoms with van der Waals surface area (Å²) in [5.41, 5.74) is 0. The van der Waals surface area contributed by atoms with E-state index in [2.05, 4.69) is 41.5 Å². The smallest absolute Gasteiger partial charge is 0.462 e. The van der Waals surface area contributed by atoms with Crippen molar-refractivity contribution in [1.82, 2.24) is 0 Å². The van der Waals surface area contributed by atoms with Crippen molar-refractivity contribution in [2.45, 2.75) is 342 Å². The fourth-order valence-electron chi connectivity index (χ4n) is 9.68. The SMILES string of the molecule is CCCCCCCCCCCCCCCCCC(=O)O[C@H](COC(=O)CCCCCCCCC(C)CC)COP(=O)(O)OC[C@@H](O)COP(=O)(O)OC[C@@H](COC(=O)CCCCCCCCC(C)C)OC(=O)CCCCCCCCCCCC. The van der Waals surface area contributed by atoms with Crippen LogP contribution in [0.25, 0.3) is 0 Å². The number of aliphatic hydroxyl groups excluding tert-OH is 1. The molecule has 0 saturated heterocycles. The van der Waals surface area contributed by atoms with Gasteiger partial charge in [0, 0.05) is 25.7 Å². The number of carbonyl (C=O) groups excluding carboxylic acids is 4. The van der Waals surface area contributed by atoms with Gasteiger partial charge in [-0.15, -0.1) is 0 Å². The summed E-state index contributed by atoms with van der Waals surface area (Å²) in [4.78, 5) is 72.2. The fraction of sp³-hybridized carbons (Fsp3) is 0.938. The summed E-state index contributed by atoms with van der Waals surface area (Å²) in [5, 5.41) is 10.5. The van der Waals surface area contributed by atoms with Gasteiger partial charge in [0.1, 0.15) is 19.3 Å². The molecule has 498 valence electrons. The summed E-state index contributed by atoms with van der Waals surface area (Å²) < 4.78 is 68.0. The lowest BCUT2D eigenvalue weighted by molar-refractivity contribution is -0.161. The van der Waals surface area contributed by atoms with Crippen LogP contribution in [0.15, 0.2) is 0 Å². The Bertz CT molecular complexity index is 1650. The Kier molecular flexibility index (Phi) is 56.2. The van der Waals surface area contributed by atoms with E-state index in [-0.39, 0.29) is 25.7 Å². The summed E-state index contributed by atoms with van der Waals surface area (Å²) in [7, 11) is -9.89. The highest BCUT2D eigenvalue weighted by Gasteiger charge is 2.30. The Balaban J connectivity index is 5.23. The number of phosphoric acid groups is 2. The van der Waals surface area contributed by atoms with Crippen molar-refractivity contribution in [3.8, 4) is 0 Å². The van der Waals surface area contributed by atoms with Gasteiger partial charge >= 0.3 is 39.5 Å². The molecular formula is C65H126O17P2. The normalized spacial score (nSPS) is 14.6. The van der Waals surface area contributed by atoms with E-state index in [1.54, 1.807) is 0 Å². The second kappa shape index (κ2) is 57.5. The van der Waals surface area contributed by atoms with Crippen molar-refractivity contribution in [3.63, 3.8) is 0 Å². The monoisotopic (exact) mass is 1240 g/mol. The van der Waals surface area contributed by atoms with Crippen LogP contribution in [0.1, 0.15) is 324 Å². The topological polar surface area (TPSA) is 237 Å². The number of hydrogen-bond donors (Lipinski definition) is 3. The molecule has 0 aliphatic rings. The van der Waals surface area contributed by atoms with Crippen molar-refractivity contribution in [2.24, 2.45) is 11.8 Å². The molecule has 0 rings (SSSR count). The number of rotatable bonds is 64.